The SMILES string of the molecule is O=C(Oc1c2n(ccc1=O)NC1COCCN1C2=O)O[C@H]1CO[C@H]2OCC[C@H]21. The summed E-state index contributed by atoms with van der Waals surface area (Å²) in [5, 5.41) is 0. The Morgan fingerprint density at radius 3 is 3.00 bits per heavy atom. The number of carbonyl (C=O) groups excluding carboxylic acids is 2. The van der Waals surface area contributed by atoms with E-state index in [2.05, 4.69) is 5.43 Å². The molecule has 1 amide bonds. The number of morpholine rings is 1. The highest BCUT2D eigenvalue weighted by atomic mass is 16.8. The van der Waals surface area contributed by atoms with Crippen molar-refractivity contribution in [3.05, 3.63) is 28.2 Å². The van der Waals surface area contributed by atoms with Crippen molar-refractivity contribution in [1.82, 2.24) is 9.58 Å². The number of nitrogens with zero attached hydrogens (tertiary/aromatic N) is 2. The number of hydrogen-bond donors (Lipinski definition) is 1. The molecule has 11 heteroatoms. The van der Waals surface area contributed by atoms with Gasteiger partial charge in [-0.1, -0.05) is 0 Å². The number of hydrogen-bond acceptors (Lipinski definition) is 9. The Morgan fingerprint density at radius 1 is 1.21 bits per heavy atom. The van der Waals surface area contributed by atoms with E-state index in [1.165, 1.54) is 16.9 Å². The van der Waals surface area contributed by atoms with E-state index in [-0.39, 0.29) is 36.4 Å². The molecule has 0 saturated carbocycles. The molecule has 4 atom stereocenters. The summed E-state index contributed by atoms with van der Waals surface area (Å²) in [5.41, 5.74) is 2.43. The molecule has 11 nitrogen and oxygen atoms in total. The molecular weight excluding hydrogens is 374 g/mol. The van der Waals surface area contributed by atoms with Gasteiger partial charge in [-0.3, -0.25) is 14.3 Å². The monoisotopic (exact) mass is 393 g/mol. The normalized spacial score (nSPS) is 30.9. The van der Waals surface area contributed by atoms with Crippen LogP contribution in [0.1, 0.15) is 16.9 Å². The van der Waals surface area contributed by atoms with Crippen LogP contribution in [0, 0.1) is 5.92 Å². The van der Waals surface area contributed by atoms with E-state index < -0.39 is 23.6 Å². The molecule has 1 aromatic heterocycles. The summed E-state index contributed by atoms with van der Waals surface area (Å²) in [6.45, 7) is 1.82. The van der Waals surface area contributed by atoms with Crippen LogP contribution >= 0.6 is 0 Å². The summed E-state index contributed by atoms with van der Waals surface area (Å²) >= 11 is 0. The highest BCUT2D eigenvalue weighted by molar-refractivity contribution is 5.97. The zero-order valence-electron chi connectivity index (χ0n) is 14.9. The smallest absolute Gasteiger partial charge is 0.428 e. The van der Waals surface area contributed by atoms with E-state index in [0.29, 0.717) is 32.8 Å². The first-order valence-corrected chi connectivity index (χ1v) is 9.14. The summed E-state index contributed by atoms with van der Waals surface area (Å²) in [4.78, 5) is 39.1. The molecule has 5 rings (SSSR count). The quantitative estimate of drug-likeness (QED) is 0.662. The van der Waals surface area contributed by atoms with E-state index in [9.17, 15) is 14.4 Å². The zero-order chi connectivity index (χ0) is 19.3. The first kappa shape index (κ1) is 17.5. The summed E-state index contributed by atoms with van der Waals surface area (Å²) in [6, 6.07) is 1.21. The first-order valence-electron chi connectivity index (χ1n) is 9.14. The summed E-state index contributed by atoms with van der Waals surface area (Å²) < 4.78 is 28.1. The number of pyridine rings is 1. The lowest BCUT2D eigenvalue weighted by molar-refractivity contribution is -0.0907. The van der Waals surface area contributed by atoms with Crippen LogP contribution < -0.4 is 15.6 Å². The van der Waals surface area contributed by atoms with Crippen molar-refractivity contribution in [2.45, 2.75) is 25.0 Å². The Kier molecular flexibility index (Phi) is 4.22. The Bertz CT molecular complexity index is 870. The predicted octanol–water partition coefficient (Wildman–Crippen LogP) is -0.519. The van der Waals surface area contributed by atoms with E-state index in [1.807, 2.05) is 0 Å². The molecule has 4 aliphatic heterocycles. The van der Waals surface area contributed by atoms with Crippen molar-refractivity contribution >= 4 is 12.1 Å². The van der Waals surface area contributed by atoms with Crippen molar-refractivity contribution in [2.75, 3.05) is 38.4 Å². The largest absolute Gasteiger partial charge is 0.514 e. The average Bonchev–Trinajstić information content (AvgIpc) is 3.29. The highest BCUT2D eigenvalue weighted by Gasteiger charge is 2.44. The lowest BCUT2D eigenvalue weighted by atomic mass is 10.0. The van der Waals surface area contributed by atoms with E-state index in [1.54, 1.807) is 4.90 Å². The maximum atomic E-state index is 12.9. The van der Waals surface area contributed by atoms with Gasteiger partial charge in [0.15, 0.2) is 12.0 Å². The summed E-state index contributed by atoms with van der Waals surface area (Å²) in [5.74, 6) is -0.843. The molecule has 150 valence electrons. The third-order valence-corrected chi connectivity index (χ3v) is 5.35. The molecule has 4 aliphatic rings. The maximum Gasteiger partial charge on any atom is 0.514 e. The van der Waals surface area contributed by atoms with E-state index in [0.717, 1.165) is 0 Å². The van der Waals surface area contributed by atoms with Gasteiger partial charge in [-0.05, 0) is 6.42 Å². The number of ether oxygens (including phenoxy) is 5. The third-order valence-electron chi connectivity index (χ3n) is 5.35. The number of nitrogens with one attached hydrogen (secondary N) is 1. The van der Waals surface area contributed by atoms with Crippen molar-refractivity contribution in [1.29, 1.82) is 0 Å². The lowest BCUT2D eigenvalue weighted by Gasteiger charge is -2.41. The van der Waals surface area contributed by atoms with Gasteiger partial charge in [0.1, 0.15) is 12.3 Å². The molecule has 3 fully saturated rings. The van der Waals surface area contributed by atoms with Crippen LogP contribution in [-0.2, 0) is 18.9 Å². The number of rotatable bonds is 2. The summed E-state index contributed by atoms with van der Waals surface area (Å²) in [7, 11) is 0. The van der Waals surface area contributed by atoms with Crippen LogP contribution in [0.5, 0.6) is 5.75 Å². The van der Waals surface area contributed by atoms with Crippen molar-refractivity contribution in [3.63, 3.8) is 0 Å². The molecule has 1 unspecified atom stereocenters. The van der Waals surface area contributed by atoms with Crippen LogP contribution in [0.3, 0.4) is 0 Å². The molecule has 28 heavy (non-hydrogen) atoms. The van der Waals surface area contributed by atoms with E-state index >= 15 is 0 Å². The molecule has 0 radical (unpaired) electrons. The van der Waals surface area contributed by atoms with Crippen LogP contribution in [-0.4, -0.2) is 73.2 Å². The van der Waals surface area contributed by atoms with Gasteiger partial charge >= 0.3 is 6.16 Å². The van der Waals surface area contributed by atoms with Crippen LogP contribution in [0.25, 0.3) is 0 Å². The fraction of sp³-hybridized carbons (Fsp3) is 0.588. The lowest BCUT2D eigenvalue weighted by Crippen LogP contribution is -2.59. The zero-order valence-corrected chi connectivity index (χ0v) is 14.9. The maximum absolute atomic E-state index is 12.9. The standard InChI is InChI=1S/C17H19N3O8/c21-10-1-3-20-13(15(22)19-4-6-24-8-12(19)18-20)14(10)28-17(23)27-11-7-26-16-9(11)2-5-25-16/h1,3,9,11-12,16,18H,2,4-8H2/t9-,11-,12?,16+/m0/s1. The third kappa shape index (κ3) is 2.82. The van der Waals surface area contributed by atoms with Gasteiger partial charge in [0.2, 0.25) is 11.2 Å². The van der Waals surface area contributed by atoms with Gasteiger partial charge in [-0.25, -0.2) is 4.79 Å². The first-order chi connectivity index (χ1) is 13.6. The Hall–Kier alpha value is -2.63. The molecule has 0 aromatic carbocycles. The molecule has 0 spiro atoms. The number of fused-ring (bicyclic) bond motifs is 3. The molecule has 0 bridgehead atoms. The second kappa shape index (κ2) is 6.76. The van der Waals surface area contributed by atoms with Crippen molar-refractivity contribution < 1.29 is 33.3 Å². The van der Waals surface area contributed by atoms with Crippen LogP contribution in [0.15, 0.2) is 17.1 Å². The second-order valence-corrected chi connectivity index (χ2v) is 6.98. The van der Waals surface area contributed by atoms with E-state index in [4.69, 9.17) is 23.7 Å². The van der Waals surface area contributed by atoms with Gasteiger partial charge < -0.3 is 34.0 Å². The molecule has 5 heterocycles. The minimum atomic E-state index is -1.05. The summed E-state index contributed by atoms with van der Waals surface area (Å²) in [6.07, 6.45) is -0.163. The fourth-order valence-electron chi connectivity index (χ4n) is 3.95. The highest BCUT2D eigenvalue weighted by Crippen LogP contribution is 2.33. The minimum Gasteiger partial charge on any atom is -0.428 e. The van der Waals surface area contributed by atoms with Crippen molar-refractivity contribution in [3.8, 4) is 5.75 Å². The predicted molar refractivity (Wildman–Crippen MR) is 90.4 cm³/mol. The molecule has 1 N–H and O–H groups in total. The fourth-order valence-corrected chi connectivity index (χ4v) is 3.95. The van der Waals surface area contributed by atoms with Gasteiger partial charge in [0.25, 0.3) is 5.91 Å². The number of aromatic nitrogens is 1. The molecule has 0 aliphatic carbocycles. The number of carbonyl (C=O) groups is 2. The second-order valence-electron chi connectivity index (χ2n) is 6.98. The van der Waals surface area contributed by atoms with Crippen molar-refractivity contribution in [2.24, 2.45) is 5.92 Å². The van der Waals surface area contributed by atoms with Gasteiger partial charge in [0.05, 0.1) is 32.3 Å². The molecule has 1 aromatic rings. The van der Waals surface area contributed by atoms with Gasteiger partial charge in [0, 0.05) is 18.8 Å². The van der Waals surface area contributed by atoms with Crippen LogP contribution in [0.2, 0.25) is 0 Å². The Labute approximate surface area is 159 Å². The number of amides is 1. The van der Waals surface area contributed by atoms with Gasteiger partial charge in [-0.15, -0.1) is 0 Å². The molecule has 3 saturated heterocycles. The molecular formula is C17H19N3O8. The topological polar surface area (TPSA) is 118 Å². The Morgan fingerprint density at radius 2 is 2.11 bits per heavy atom. The average molecular weight is 393 g/mol. The Balaban J connectivity index is 1.38. The van der Waals surface area contributed by atoms with Crippen LogP contribution in [0.4, 0.5) is 4.79 Å². The minimum absolute atomic E-state index is 0.0488. The van der Waals surface area contributed by atoms with Gasteiger partial charge in [-0.2, -0.15) is 0 Å².